The Bertz CT molecular complexity index is 902. The van der Waals surface area contributed by atoms with E-state index in [1.54, 1.807) is 18.3 Å². The van der Waals surface area contributed by atoms with E-state index in [9.17, 15) is 14.7 Å². The van der Waals surface area contributed by atoms with Crippen LogP contribution in [0.15, 0.2) is 53.6 Å². The van der Waals surface area contributed by atoms with Crippen molar-refractivity contribution in [3.8, 4) is 0 Å². The highest BCUT2D eigenvalue weighted by Gasteiger charge is 2.33. The van der Waals surface area contributed by atoms with E-state index in [-0.39, 0.29) is 23.6 Å². The highest BCUT2D eigenvalue weighted by Crippen LogP contribution is 2.19. The third kappa shape index (κ3) is 5.29. The number of carbonyl (C=O) groups is 2. The molecule has 0 aromatic carbocycles. The molecule has 154 valence electrons. The number of pyridine rings is 1. The van der Waals surface area contributed by atoms with E-state index in [0.29, 0.717) is 5.76 Å². The highest BCUT2D eigenvalue weighted by atomic mass is 16.5. The molecule has 0 saturated carbocycles. The lowest BCUT2D eigenvalue weighted by molar-refractivity contribution is -0.131. The number of allylic oxidation sites excluding steroid dienone is 4. The van der Waals surface area contributed by atoms with Crippen LogP contribution in [-0.2, 0) is 20.9 Å². The number of ether oxygens (including phenoxy) is 1. The number of likely N-dealkylation sites (N-methyl/N-ethyl adjacent to an activating group) is 1. The summed E-state index contributed by atoms with van der Waals surface area (Å²) in [6, 6.07) is 3.78. The van der Waals surface area contributed by atoms with Gasteiger partial charge in [0.15, 0.2) is 0 Å². The van der Waals surface area contributed by atoms with E-state index in [1.165, 1.54) is 20.0 Å². The van der Waals surface area contributed by atoms with Gasteiger partial charge >= 0.3 is 0 Å². The fourth-order valence-corrected chi connectivity index (χ4v) is 2.42. The summed E-state index contributed by atoms with van der Waals surface area (Å²) < 4.78 is 5.73. The first kappa shape index (κ1) is 21.8. The summed E-state index contributed by atoms with van der Waals surface area (Å²) in [5.41, 5.74) is 5.79. The summed E-state index contributed by atoms with van der Waals surface area (Å²) in [6.07, 6.45) is 6.40. The Balaban J connectivity index is 2.25. The zero-order chi connectivity index (χ0) is 21.6. The van der Waals surface area contributed by atoms with Crippen molar-refractivity contribution in [1.82, 2.24) is 15.6 Å². The van der Waals surface area contributed by atoms with Crippen LogP contribution in [0.3, 0.4) is 0 Å². The summed E-state index contributed by atoms with van der Waals surface area (Å²) in [5, 5.41) is 22.7. The molecule has 29 heavy (non-hydrogen) atoms. The Kier molecular flexibility index (Phi) is 6.89. The number of aliphatic hydroxyl groups excluding tert-OH is 1. The summed E-state index contributed by atoms with van der Waals surface area (Å²) in [7, 11) is 1.51. The van der Waals surface area contributed by atoms with Crippen LogP contribution >= 0.6 is 0 Å². The minimum Gasteiger partial charge on any atom is -0.487 e. The maximum absolute atomic E-state index is 12.7. The minimum atomic E-state index is -1.63. The normalized spacial score (nSPS) is 17.1. The molecule has 2 rings (SSSR count). The number of aliphatic hydroxyl groups is 1. The van der Waals surface area contributed by atoms with Gasteiger partial charge < -0.3 is 31.6 Å². The number of nitrogens with zero attached hydrogens (tertiary/aromatic N) is 1. The van der Waals surface area contributed by atoms with E-state index in [2.05, 4.69) is 15.6 Å². The second-order valence-electron chi connectivity index (χ2n) is 6.76. The first-order chi connectivity index (χ1) is 13.7. The lowest BCUT2D eigenvalue weighted by Gasteiger charge is -2.26. The molecule has 1 aromatic rings. The Morgan fingerprint density at radius 1 is 1.34 bits per heavy atom. The molecule has 0 aliphatic heterocycles. The smallest absolute Gasteiger partial charge is 0.268 e. The van der Waals surface area contributed by atoms with Crippen LogP contribution in [0.2, 0.25) is 0 Å². The molecule has 0 fully saturated rings. The van der Waals surface area contributed by atoms with Crippen LogP contribution in [0.25, 0.3) is 0 Å². The predicted molar refractivity (Wildman–Crippen MR) is 108 cm³/mol. The zero-order valence-electron chi connectivity index (χ0n) is 16.6. The second-order valence-corrected chi connectivity index (χ2v) is 6.76. The SMILES string of the molecule is CN/C(C(=O)NC(C)(CO)C(N)=O)=C1/C=C(OCc2ccc(C)cn2)C=CC1=N. The summed E-state index contributed by atoms with van der Waals surface area (Å²) in [5.74, 6) is -1.12. The monoisotopic (exact) mass is 399 g/mol. The summed E-state index contributed by atoms with van der Waals surface area (Å²) >= 11 is 0. The molecule has 1 aliphatic rings. The molecule has 1 aliphatic carbocycles. The lowest BCUT2D eigenvalue weighted by Crippen LogP contribution is -2.58. The molecule has 9 nitrogen and oxygen atoms in total. The van der Waals surface area contributed by atoms with Gasteiger partial charge in [-0.05, 0) is 43.7 Å². The van der Waals surface area contributed by atoms with E-state index in [1.807, 2.05) is 19.1 Å². The summed E-state index contributed by atoms with van der Waals surface area (Å²) in [6.45, 7) is 2.82. The van der Waals surface area contributed by atoms with Gasteiger partial charge in [0.2, 0.25) is 5.91 Å². The molecule has 0 radical (unpaired) electrons. The van der Waals surface area contributed by atoms with Crippen molar-refractivity contribution < 1.29 is 19.4 Å². The van der Waals surface area contributed by atoms with Crippen molar-refractivity contribution in [2.45, 2.75) is 26.0 Å². The number of primary amides is 1. The zero-order valence-corrected chi connectivity index (χ0v) is 16.6. The number of hydrogen-bond donors (Lipinski definition) is 5. The number of aromatic nitrogens is 1. The van der Waals surface area contributed by atoms with Crippen molar-refractivity contribution in [3.63, 3.8) is 0 Å². The van der Waals surface area contributed by atoms with Crippen molar-refractivity contribution in [1.29, 1.82) is 5.41 Å². The molecular formula is C20H25N5O4. The molecule has 0 bridgehead atoms. The van der Waals surface area contributed by atoms with Gasteiger partial charge in [-0.15, -0.1) is 0 Å². The van der Waals surface area contributed by atoms with Crippen LogP contribution < -0.4 is 16.4 Å². The van der Waals surface area contributed by atoms with Crippen molar-refractivity contribution in [2.24, 2.45) is 5.73 Å². The van der Waals surface area contributed by atoms with Gasteiger partial charge in [-0.25, -0.2) is 0 Å². The molecule has 0 spiro atoms. The van der Waals surface area contributed by atoms with Gasteiger partial charge in [0, 0.05) is 18.8 Å². The van der Waals surface area contributed by atoms with Crippen molar-refractivity contribution in [3.05, 3.63) is 64.8 Å². The van der Waals surface area contributed by atoms with Gasteiger partial charge in [-0.3, -0.25) is 14.6 Å². The summed E-state index contributed by atoms with van der Waals surface area (Å²) in [4.78, 5) is 28.5. The quantitative estimate of drug-likeness (QED) is 0.394. The number of amides is 2. The average molecular weight is 399 g/mol. The van der Waals surface area contributed by atoms with Gasteiger partial charge in [0.25, 0.3) is 5.91 Å². The molecule has 1 heterocycles. The minimum absolute atomic E-state index is 0.0369. The number of aryl methyl sites for hydroxylation is 1. The molecule has 2 amide bonds. The molecule has 1 aromatic heterocycles. The van der Waals surface area contributed by atoms with Crippen molar-refractivity contribution in [2.75, 3.05) is 13.7 Å². The van der Waals surface area contributed by atoms with Gasteiger partial charge in [0.05, 0.1) is 18.0 Å². The van der Waals surface area contributed by atoms with Crippen molar-refractivity contribution >= 4 is 17.5 Å². The number of nitrogens with two attached hydrogens (primary N) is 1. The number of carbonyl (C=O) groups excluding carboxylic acids is 2. The predicted octanol–water partition coefficient (Wildman–Crippen LogP) is 0.206. The van der Waals surface area contributed by atoms with Gasteiger partial charge in [-0.1, -0.05) is 6.07 Å². The van der Waals surface area contributed by atoms with Gasteiger partial charge in [-0.2, -0.15) is 0 Å². The molecule has 0 saturated heterocycles. The standard InChI is InChI=1S/C20H25N5O4/c1-12-4-5-13(24-9-12)10-29-14-6-7-16(21)15(8-14)17(23-3)18(27)25-20(2,11-26)19(22)28/h4-9,21,23,26H,10-11H2,1-3H3,(H2,22,28)(H,25,27)/b17-15-,21-16?. The first-order valence-electron chi connectivity index (χ1n) is 8.88. The maximum atomic E-state index is 12.7. The van der Waals surface area contributed by atoms with Crippen LogP contribution in [-0.4, -0.2) is 46.8 Å². The second kappa shape index (κ2) is 9.16. The van der Waals surface area contributed by atoms with E-state index < -0.39 is 24.0 Å². The number of nitrogens with one attached hydrogen (secondary N) is 3. The lowest BCUT2D eigenvalue weighted by atomic mass is 9.99. The largest absolute Gasteiger partial charge is 0.487 e. The molecule has 1 atom stereocenters. The van der Waals surface area contributed by atoms with Crippen LogP contribution in [0.1, 0.15) is 18.2 Å². The highest BCUT2D eigenvalue weighted by molar-refractivity contribution is 6.15. The fraction of sp³-hybridized carbons (Fsp3) is 0.300. The Morgan fingerprint density at radius 3 is 2.62 bits per heavy atom. The van der Waals surface area contributed by atoms with Crippen LogP contribution in [0.4, 0.5) is 0 Å². The third-order valence-electron chi connectivity index (χ3n) is 4.35. The Labute approximate surface area is 168 Å². The number of rotatable bonds is 8. The molecular weight excluding hydrogens is 374 g/mol. The number of hydrogen-bond acceptors (Lipinski definition) is 7. The van der Waals surface area contributed by atoms with Crippen LogP contribution in [0.5, 0.6) is 0 Å². The fourth-order valence-electron chi connectivity index (χ4n) is 2.42. The maximum Gasteiger partial charge on any atom is 0.268 e. The first-order valence-corrected chi connectivity index (χ1v) is 8.88. The third-order valence-corrected chi connectivity index (χ3v) is 4.35. The van der Waals surface area contributed by atoms with E-state index in [4.69, 9.17) is 15.9 Å². The molecule has 6 N–H and O–H groups in total. The topological polar surface area (TPSA) is 150 Å². The van der Waals surface area contributed by atoms with E-state index in [0.717, 1.165) is 11.3 Å². The molecule has 1 unspecified atom stereocenters. The Morgan fingerprint density at radius 2 is 2.07 bits per heavy atom. The average Bonchev–Trinajstić information content (AvgIpc) is 2.69. The Hall–Kier alpha value is -3.46. The van der Waals surface area contributed by atoms with Crippen LogP contribution in [0, 0.1) is 12.3 Å². The molecule has 9 heteroatoms. The van der Waals surface area contributed by atoms with Gasteiger partial charge in [0.1, 0.15) is 23.6 Å². The van der Waals surface area contributed by atoms with E-state index >= 15 is 0 Å².